The maximum absolute atomic E-state index is 13.2. The Bertz CT molecular complexity index is 976. The first-order valence-electron chi connectivity index (χ1n) is 7.26. The molecular formula is C15H13ClFN5O3. The molecule has 0 fully saturated rings. The van der Waals surface area contributed by atoms with Crippen LogP contribution in [0.25, 0.3) is 5.69 Å². The first kappa shape index (κ1) is 16.9. The SMILES string of the molecule is Cc1[nH][nH]c(=O)c1C(C[N+](=O)[O-])c1c(Cl)ncn1-c1ccc(F)cc1. The van der Waals surface area contributed by atoms with Crippen molar-refractivity contribution in [3.05, 3.63) is 79.0 Å². The molecule has 2 aromatic heterocycles. The lowest BCUT2D eigenvalue weighted by Gasteiger charge is -2.15. The predicted octanol–water partition coefficient (Wildman–Crippen LogP) is 2.40. The van der Waals surface area contributed by atoms with Crippen molar-refractivity contribution in [1.29, 1.82) is 0 Å². The van der Waals surface area contributed by atoms with E-state index in [1.165, 1.54) is 35.2 Å². The van der Waals surface area contributed by atoms with Crippen LogP contribution in [0.2, 0.25) is 5.15 Å². The molecule has 1 aromatic carbocycles. The molecule has 0 saturated carbocycles. The first-order chi connectivity index (χ1) is 11.9. The van der Waals surface area contributed by atoms with E-state index < -0.39 is 28.8 Å². The smallest absolute Gasteiger partial charge is 0.268 e. The third-order valence-corrected chi connectivity index (χ3v) is 4.18. The number of halogens is 2. The van der Waals surface area contributed by atoms with Crippen LogP contribution in [-0.2, 0) is 0 Å². The van der Waals surface area contributed by atoms with Gasteiger partial charge in [-0.1, -0.05) is 11.6 Å². The summed E-state index contributed by atoms with van der Waals surface area (Å²) in [4.78, 5) is 26.8. The van der Waals surface area contributed by atoms with Crippen molar-refractivity contribution in [1.82, 2.24) is 19.7 Å². The van der Waals surface area contributed by atoms with E-state index in [4.69, 9.17) is 11.6 Å². The van der Waals surface area contributed by atoms with Crippen LogP contribution >= 0.6 is 11.6 Å². The van der Waals surface area contributed by atoms with Gasteiger partial charge in [0.05, 0.1) is 17.2 Å². The predicted molar refractivity (Wildman–Crippen MR) is 88.4 cm³/mol. The van der Waals surface area contributed by atoms with Crippen molar-refractivity contribution in [2.75, 3.05) is 6.54 Å². The van der Waals surface area contributed by atoms with Gasteiger partial charge in [-0.05, 0) is 31.2 Å². The lowest BCUT2D eigenvalue weighted by molar-refractivity contribution is -0.482. The topological polar surface area (TPSA) is 110 Å². The molecule has 0 bridgehead atoms. The van der Waals surface area contributed by atoms with Crippen LogP contribution in [0.1, 0.15) is 22.9 Å². The van der Waals surface area contributed by atoms with Gasteiger partial charge < -0.3 is 9.67 Å². The number of benzene rings is 1. The Kier molecular flexibility index (Phi) is 4.41. The van der Waals surface area contributed by atoms with Crippen LogP contribution in [0.4, 0.5) is 4.39 Å². The highest BCUT2D eigenvalue weighted by molar-refractivity contribution is 6.30. The van der Waals surface area contributed by atoms with E-state index in [-0.39, 0.29) is 16.4 Å². The Labute approximate surface area is 145 Å². The third-order valence-electron chi connectivity index (χ3n) is 3.88. The molecule has 1 atom stereocenters. The first-order valence-corrected chi connectivity index (χ1v) is 7.64. The minimum absolute atomic E-state index is 0.0381. The zero-order chi connectivity index (χ0) is 18.1. The van der Waals surface area contributed by atoms with Gasteiger partial charge in [0.1, 0.15) is 12.1 Å². The Hall–Kier alpha value is -2.94. The molecule has 0 spiro atoms. The Balaban J connectivity index is 2.20. The molecule has 130 valence electrons. The molecule has 10 heteroatoms. The van der Waals surface area contributed by atoms with Crippen molar-refractivity contribution in [2.45, 2.75) is 12.8 Å². The molecule has 2 heterocycles. The number of nitrogens with one attached hydrogen (secondary N) is 2. The number of nitro groups is 1. The van der Waals surface area contributed by atoms with E-state index in [9.17, 15) is 19.3 Å². The van der Waals surface area contributed by atoms with Crippen LogP contribution < -0.4 is 5.56 Å². The average Bonchev–Trinajstić information content (AvgIpc) is 3.09. The van der Waals surface area contributed by atoms with Gasteiger partial charge in [0.15, 0.2) is 5.15 Å². The molecule has 1 unspecified atom stereocenters. The lowest BCUT2D eigenvalue weighted by atomic mass is 9.96. The molecule has 25 heavy (non-hydrogen) atoms. The maximum Gasteiger partial charge on any atom is 0.268 e. The van der Waals surface area contributed by atoms with Crippen molar-refractivity contribution in [3.63, 3.8) is 0 Å². The number of aryl methyl sites for hydroxylation is 1. The average molecular weight is 366 g/mol. The number of aromatic amines is 2. The normalized spacial score (nSPS) is 12.3. The van der Waals surface area contributed by atoms with Crippen molar-refractivity contribution < 1.29 is 9.31 Å². The maximum atomic E-state index is 13.2. The molecule has 0 saturated heterocycles. The summed E-state index contributed by atoms with van der Waals surface area (Å²) in [5, 5.41) is 16.3. The summed E-state index contributed by atoms with van der Waals surface area (Å²) in [7, 11) is 0. The largest absolute Gasteiger partial charge is 0.302 e. The zero-order valence-corrected chi connectivity index (χ0v) is 13.7. The number of hydrogen-bond donors (Lipinski definition) is 2. The quantitative estimate of drug-likeness (QED) is 0.534. The van der Waals surface area contributed by atoms with E-state index in [0.29, 0.717) is 11.4 Å². The fourth-order valence-corrected chi connectivity index (χ4v) is 3.06. The number of nitrogens with zero attached hydrogens (tertiary/aromatic N) is 3. The van der Waals surface area contributed by atoms with Gasteiger partial charge >= 0.3 is 0 Å². The Morgan fingerprint density at radius 3 is 2.60 bits per heavy atom. The zero-order valence-electron chi connectivity index (χ0n) is 13.0. The summed E-state index contributed by atoms with van der Waals surface area (Å²) in [6.45, 7) is 1.08. The minimum Gasteiger partial charge on any atom is -0.302 e. The van der Waals surface area contributed by atoms with Crippen molar-refractivity contribution >= 4 is 11.6 Å². The van der Waals surface area contributed by atoms with Crippen LogP contribution in [0, 0.1) is 22.9 Å². The highest BCUT2D eigenvalue weighted by atomic mass is 35.5. The number of H-pyrrole nitrogens is 2. The van der Waals surface area contributed by atoms with Crippen LogP contribution in [-0.4, -0.2) is 31.2 Å². The molecule has 3 rings (SSSR count). The molecule has 0 aliphatic heterocycles. The van der Waals surface area contributed by atoms with E-state index in [0.717, 1.165) is 0 Å². The van der Waals surface area contributed by atoms with Crippen molar-refractivity contribution in [3.8, 4) is 5.69 Å². The van der Waals surface area contributed by atoms with Gasteiger partial charge in [-0.15, -0.1) is 0 Å². The minimum atomic E-state index is -0.926. The van der Waals surface area contributed by atoms with Gasteiger partial charge in [-0.3, -0.25) is 20.0 Å². The summed E-state index contributed by atoms with van der Waals surface area (Å²) in [6.07, 6.45) is 1.38. The fraction of sp³-hybridized carbons (Fsp3) is 0.200. The monoisotopic (exact) mass is 365 g/mol. The highest BCUT2D eigenvalue weighted by Crippen LogP contribution is 2.31. The van der Waals surface area contributed by atoms with Gasteiger partial charge in [0.25, 0.3) is 5.56 Å². The van der Waals surface area contributed by atoms with E-state index in [1.54, 1.807) is 6.92 Å². The molecule has 0 amide bonds. The second-order valence-corrected chi connectivity index (χ2v) is 5.81. The van der Waals surface area contributed by atoms with Gasteiger partial charge in [0.2, 0.25) is 6.54 Å². The van der Waals surface area contributed by atoms with Gasteiger partial charge in [-0.25, -0.2) is 9.37 Å². The molecule has 0 aliphatic rings. The summed E-state index contributed by atoms with van der Waals surface area (Å²) in [5.74, 6) is -1.35. The summed E-state index contributed by atoms with van der Waals surface area (Å²) < 4.78 is 14.7. The van der Waals surface area contributed by atoms with Crippen LogP contribution in [0.15, 0.2) is 35.4 Å². The van der Waals surface area contributed by atoms with Gasteiger partial charge in [-0.2, -0.15) is 0 Å². The Morgan fingerprint density at radius 1 is 1.36 bits per heavy atom. The number of aromatic nitrogens is 4. The fourth-order valence-electron chi connectivity index (χ4n) is 2.79. The standard InChI is InChI=1S/C15H13ClFN5O3/c1-8-12(15(23)20-19-8)11(6-22(24)25)13-14(16)18-7-21(13)10-4-2-9(17)3-5-10/h2-5,7,11H,6H2,1H3,(H2,19,20,23). The summed E-state index contributed by atoms with van der Waals surface area (Å²) in [6, 6.07) is 5.50. The summed E-state index contributed by atoms with van der Waals surface area (Å²) in [5.41, 5.74) is 1.03. The van der Waals surface area contributed by atoms with Gasteiger partial charge in [0, 0.05) is 16.3 Å². The van der Waals surface area contributed by atoms with Crippen LogP contribution in [0.3, 0.4) is 0 Å². The second-order valence-electron chi connectivity index (χ2n) is 5.45. The molecule has 2 N–H and O–H groups in total. The second kappa shape index (κ2) is 6.52. The van der Waals surface area contributed by atoms with E-state index in [1.807, 2.05) is 0 Å². The lowest BCUT2D eigenvalue weighted by Crippen LogP contribution is -2.22. The number of imidazole rings is 1. The van der Waals surface area contributed by atoms with E-state index >= 15 is 0 Å². The molecule has 0 radical (unpaired) electrons. The molecular weight excluding hydrogens is 353 g/mol. The molecule has 0 aliphatic carbocycles. The van der Waals surface area contributed by atoms with Crippen LogP contribution in [0.5, 0.6) is 0 Å². The highest BCUT2D eigenvalue weighted by Gasteiger charge is 2.31. The molecule has 8 nitrogen and oxygen atoms in total. The van der Waals surface area contributed by atoms with E-state index in [2.05, 4.69) is 15.2 Å². The number of hydrogen-bond acceptors (Lipinski definition) is 4. The van der Waals surface area contributed by atoms with Crippen molar-refractivity contribution in [2.24, 2.45) is 0 Å². The Morgan fingerprint density at radius 2 is 2.04 bits per heavy atom. The molecule has 3 aromatic rings. The number of rotatable bonds is 5. The summed E-state index contributed by atoms with van der Waals surface area (Å²) >= 11 is 6.17. The third kappa shape index (κ3) is 3.18.